The van der Waals surface area contributed by atoms with Gasteiger partial charge in [-0.3, -0.25) is 0 Å². The minimum Gasteiger partial charge on any atom is -0.395 e. The van der Waals surface area contributed by atoms with Gasteiger partial charge in [0.1, 0.15) is 0 Å². The molecule has 0 saturated heterocycles. The minimum absolute atomic E-state index is 0.0282. The molecule has 5 heteroatoms. The average Bonchev–Trinajstić information content (AvgIpc) is 2.39. The smallest absolute Gasteiger partial charge is 0.317 e. The summed E-state index contributed by atoms with van der Waals surface area (Å²) in [6.45, 7) is 0.899. The Labute approximate surface area is 124 Å². The maximum absolute atomic E-state index is 11.9. The molecule has 2 N–H and O–H groups in total. The molecule has 1 saturated carbocycles. The normalized spacial score (nSPS) is 16.4. The predicted molar refractivity (Wildman–Crippen MR) is 80.1 cm³/mol. The number of hydrogen-bond donors (Lipinski definition) is 2. The van der Waals surface area contributed by atoms with Crippen LogP contribution in [0.4, 0.5) is 4.79 Å². The maximum Gasteiger partial charge on any atom is 0.317 e. The van der Waals surface area contributed by atoms with Gasteiger partial charge in [0.05, 0.1) is 6.61 Å². The van der Waals surface area contributed by atoms with Gasteiger partial charge in [0, 0.05) is 30.6 Å². The summed E-state index contributed by atoms with van der Waals surface area (Å²) in [7, 11) is 1.68. The van der Waals surface area contributed by atoms with Crippen LogP contribution in [0.25, 0.3) is 0 Å². The fourth-order valence-electron chi connectivity index (χ4n) is 2.67. The molecule has 1 aromatic carbocycles. The predicted octanol–water partition coefficient (Wildman–Crippen LogP) is 2.40. The Morgan fingerprint density at radius 3 is 2.70 bits per heavy atom. The second kappa shape index (κ2) is 6.46. The molecule has 1 fully saturated rings. The number of urea groups is 1. The van der Waals surface area contributed by atoms with Crippen LogP contribution in [0.5, 0.6) is 0 Å². The number of aliphatic hydroxyl groups excluding tert-OH is 1. The van der Waals surface area contributed by atoms with Crippen LogP contribution in [0.1, 0.15) is 24.8 Å². The minimum atomic E-state index is -0.155. The number of halogens is 1. The first-order valence-corrected chi connectivity index (χ1v) is 7.32. The molecule has 1 aliphatic carbocycles. The lowest BCUT2D eigenvalue weighted by molar-refractivity contribution is 0.179. The number of likely N-dealkylation sites (N-methyl/N-ethyl adjacent to an activating group) is 1. The Kier molecular flexibility index (Phi) is 4.89. The molecular weight excluding hydrogens is 276 g/mol. The van der Waals surface area contributed by atoms with Gasteiger partial charge in [-0.1, -0.05) is 36.2 Å². The molecule has 0 aliphatic heterocycles. The number of aliphatic hydroxyl groups is 1. The highest BCUT2D eigenvalue weighted by molar-refractivity contribution is 6.31. The third-order valence-electron chi connectivity index (χ3n) is 4.12. The molecular formula is C15H21ClN2O2. The molecule has 0 heterocycles. The van der Waals surface area contributed by atoms with Gasteiger partial charge in [-0.15, -0.1) is 0 Å². The van der Waals surface area contributed by atoms with E-state index in [0.29, 0.717) is 13.1 Å². The molecule has 0 atom stereocenters. The largest absolute Gasteiger partial charge is 0.395 e. The van der Waals surface area contributed by atoms with Gasteiger partial charge in [0.15, 0.2) is 0 Å². The summed E-state index contributed by atoms with van der Waals surface area (Å²) in [5.41, 5.74) is 1.09. The van der Waals surface area contributed by atoms with Crippen molar-refractivity contribution in [2.24, 2.45) is 0 Å². The van der Waals surface area contributed by atoms with Crippen LogP contribution >= 0.6 is 11.6 Å². The second-order valence-electron chi connectivity index (χ2n) is 5.42. The first-order chi connectivity index (χ1) is 9.59. The van der Waals surface area contributed by atoms with Gasteiger partial charge in [0.2, 0.25) is 0 Å². The zero-order valence-corrected chi connectivity index (χ0v) is 12.5. The number of carbonyl (C=O) groups is 1. The van der Waals surface area contributed by atoms with Crippen molar-refractivity contribution in [2.75, 3.05) is 26.7 Å². The topological polar surface area (TPSA) is 52.6 Å². The fraction of sp³-hybridized carbons (Fsp3) is 0.533. The van der Waals surface area contributed by atoms with E-state index in [1.165, 1.54) is 4.90 Å². The lowest BCUT2D eigenvalue weighted by atomic mass is 9.64. The number of hydrogen-bond acceptors (Lipinski definition) is 2. The summed E-state index contributed by atoms with van der Waals surface area (Å²) in [5, 5.41) is 12.6. The van der Waals surface area contributed by atoms with Crippen LogP contribution in [0, 0.1) is 0 Å². The lowest BCUT2D eigenvalue weighted by Crippen LogP contribution is -2.49. The Hall–Kier alpha value is -1.26. The van der Waals surface area contributed by atoms with E-state index in [0.717, 1.165) is 29.8 Å². The van der Waals surface area contributed by atoms with Gasteiger partial charge in [-0.2, -0.15) is 0 Å². The van der Waals surface area contributed by atoms with Crippen molar-refractivity contribution in [2.45, 2.75) is 24.7 Å². The SMILES string of the molecule is CN(CCO)C(=O)NCC1(c2ccccc2Cl)CCC1. The van der Waals surface area contributed by atoms with Crippen LogP contribution in [-0.4, -0.2) is 42.8 Å². The maximum atomic E-state index is 11.9. The van der Waals surface area contributed by atoms with Crippen molar-refractivity contribution in [1.29, 1.82) is 0 Å². The van der Waals surface area contributed by atoms with Crippen LogP contribution in [0.15, 0.2) is 24.3 Å². The molecule has 1 aliphatic rings. The lowest BCUT2D eigenvalue weighted by Gasteiger charge is -2.43. The average molecular weight is 297 g/mol. The molecule has 0 unspecified atom stereocenters. The number of amides is 2. The summed E-state index contributed by atoms with van der Waals surface area (Å²) >= 11 is 6.29. The van der Waals surface area contributed by atoms with Gasteiger partial charge in [0.25, 0.3) is 0 Å². The molecule has 2 rings (SSSR count). The van der Waals surface area contributed by atoms with Crippen LogP contribution in [-0.2, 0) is 5.41 Å². The van der Waals surface area contributed by atoms with Crippen molar-refractivity contribution in [3.8, 4) is 0 Å². The molecule has 20 heavy (non-hydrogen) atoms. The summed E-state index contributed by atoms with van der Waals surface area (Å²) in [6.07, 6.45) is 3.25. The van der Waals surface area contributed by atoms with Gasteiger partial charge in [-0.25, -0.2) is 4.79 Å². The third-order valence-corrected chi connectivity index (χ3v) is 4.45. The first-order valence-electron chi connectivity index (χ1n) is 6.94. The standard InChI is InChI=1S/C15H21ClN2O2/c1-18(9-10-19)14(20)17-11-15(7-4-8-15)12-5-2-3-6-13(12)16/h2-3,5-6,19H,4,7-11H2,1H3,(H,17,20). The van der Waals surface area contributed by atoms with Gasteiger partial charge < -0.3 is 15.3 Å². The summed E-state index contributed by atoms with van der Waals surface area (Å²) < 4.78 is 0. The van der Waals surface area contributed by atoms with Crippen molar-refractivity contribution in [3.63, 3.8) is 0 Å². The van der Waals surface area contributed by atoms with Crippen molar-refractivity contribution in [3.05, 3.63) is 34.9 Å². The number of nitrogens with zero attached hydrogens (tertiary/aromatic N) is 1. The quantitative estimate of drug-likeness (QED) is 0.876. The van der Waals surface area contributed by atoms with E-state index < -0.39 is 0 Å². The molecule has 4 nitrogen and oxygen atoms in total. The number of benzene rings is 1. The van der Waals surface area contributed by atoms with E-state index in [4.69, 9.17) is 16.7 Å². The Balaban J connectivity index is 2.03. The number of rotatable bonds is 5. The molecule has 0 aromatic heterocycles. The van der Waals surface area contributed by atoms with Crippen LogP contribution in [0.3, 0.4) is 0 Å². The highest BCUT2D eigenvalue weighted by Gasteiger charge is 2.40. The molecule has 0 spiro atoms. The summed E-state index contributed by atoms with van der Waals surface area (Å²) in [6, 6.07) is 7.70. The van der Waals surface area contributed by atoms with Crippen LogP contribution in [0.2, 0.25) is 5.02 Å². The van der Waals surface area contributed by atoms with Crippen molar-refractivity contribution < 1.29 is 9.90 Å². The Morgan fingerprint density at radius 1 is 1.45 bits per heavy atom. The molecule has 0 radical (unpaired) electrons. The third kappa shape index (κ3) is 3.07. The Morgan fingerprint density at radius 2 is 2.15 bits per heavy atom. The first kappa shape index (κ1) is 15.1. The van der Waals surface area contributed by atoms with E-state index >= 15 is 0 Å². The summed E-state index contributed by atoms with van der Waals surface area (Å²) in [4.78, 5) is 13.4. The number of nitrogens with one attached hydrogen (secondary N) is 1. The van der Waals surface area contributed by atoms with E-state index in [1.807, 2.05) is 24.3 Å². The zero-order chi connectivity index (χ0) is 14.6. The molecule has 110 valence electrons. The van der Waals surface area contributed by atoms with Gasteiger partial charge in [-0.05, 0) is 24.5 Å². The fourth-order valence-corrected chi connectivity index (χ4v) is 3.00. The van der Waals surface area contributed by atoms with E-state index in [-0.39, 0.29) is 18.1 Å². The van der Waals surface area contributed by atoms with Crippen LogP contribution < -0.4 is 5.32 Å². The highest BCUT2D eigenvalue weighted by Crippen LogP contribution is 2.45. The Bertz CT molecular complexity index is 475. The number of carbonyl (C=O) groups excluding carboxylic acids is 1. The van der Waals surface area contributed by atoms with Gasteiger partial charge >= 0.3 is 6.03 Å². The van der Waals surface area contributed by atoms with E-state index in [2.05, 4.69) is 5.32 Å². The van der Waals surface area contributed by atoms with E-state index in [1.54, 1.807) is 7.05 Å². The second-order valence-corrected chi connectivity index (χ2v) is 5.82. The molecule has 2 amide bonds. The highest BCUT2D eigenvalue weighted by atomic mass is 35.5. The zero-order valence-electron chi connectivity index (χ0n) is 11.7. The van der Waals surface area contributed by atoms with Crippen molar-refractivity contribution >= 4 is 17.6 Å². The monoisotopic (exact) mass is 296 g/mol. The molecule has 1 aromatic rings. The van der Waals surface area contributed by atoms with Crippen molar-refractivity contribution in [1.82, 2.24) is 10.2 Å². The van der Waals surface area contributed by atoms with E-state index in [9.17, 15) is 4.79 Å². The summed E-state index contributed by atoms with van der Waals surface area (Å²) in [5.74, 6) is 0. The molecule has 0 bridgehead atoms.